The summed E-state index contributed by atoms with van der Waals surface area (Å²) in [5.41, 5.74) is 11.8. The molecule has 0 bridgehead atoms. The van der Waals surface area contributed by atoms with Gasteiger partial charge in [-0.05, 0) is 76.2 Å². The predicted molar refractivity (Wildman–Crippen MR) is 246 cm³/mol. The fraction of sp³-hybridized carbons (Fsp3) is 0.174. The van der Waals surface area contributed by atoms with Crippen LogP contribution < -0.4 is 31.9 Å². The van der Waals surface area contributed by atoms with E-state index in [1.165, 1.54) is 58.6 Å². The molecule has 4 N–H and O–H groups in total. The molecule has 2 heterocycles. The topological polar surface area (TPSA) is 344 Å². The summed E-state index contributed by atoms with van der Waals surface area (Å²) in [7, 11) is -9.72. The molecule has 0 spiro atoms. The number of rotatable bonds is 13. The Kier molecular flexibility index (Phi) is 17.9. The van der Waals surface area contributed by atoms with Gasteiger partial charge in [-0.25, -0.2) is 26.2 Å². The Balaban J connectivity index is 0.000000409. The van der Waals surface area contributed by atoms with E-state index in [-0.39, 0.29) is 65.9 Å². The van der Waals surface area contributed by atoms with Crippen molar-refractivity contribution in [2.45, 2.75) is 49.3 Å². The molecular formula is C46H45CrN10O10S2. The monoisotopic (exact) mass is 1010 g/mol. The average Bonchev–Trinajstić information content (AvgIpc) is 3.77. The van der Waals surface area contributed by atoms with Crippen LogP contribution in [0, 0.1) is 13.8 Å². The van der Waals surface area contributed by atoms with Crippen LogP contribution in [0.1, 0.15) is 41.4 Å². The molecule has 6 aromatic carbocycles. The fourth-order valence-electron chi connectivity index (χ4n) is 6.78. The fourth-order valence-corrected chi connectivity index (χ4v) is 8.18. The van der Waals surface area contributed by atoms with Gasteiger partial charge in [0.25, 0.3) is 0 Å². The summed E-state index contributed by atoms with van der Waals surface area (Å²) in [6.45, 7) is 4.81. The van der Waals surface area contributed by atoms with Crippen LogP contribution in [-0.4, -0.2) is 58.6 Å². The first-order valence-corrected chi connectivity index (χ1v) is 23.5. The summed E-state index contributed by atoms with van der Waals surface area (Å²) in [6.07, 6.45) is 4.79. The molecule has 0 saturated carbocycles. The molecule has 23 heteroatoms. The van der Waals surface area contributed by atoms with Gasteiger partial charge in [0.2, 0.25) is 0 Å². The van der Waals surface area contributed by atoms with Crippen LogP contribution in [-0.2, 0) is 37.6 Å². The second kappa shape index (κ2) is 23.3. The largest absolute Gasteiger partial charge is 3.00 e. The molecule has 357 valence electrons. The van der Waals surface area contributed by atoms with Crippen LogP contribution in [0.4, 0.5) is 22.7 Å². The molecule has 20 nitrogen and oxygen atoms in total. The Labute approximate surface area is 412 Å². The van der Waals surface area contributed by atoms with Crippen molar-refractivity contribution < 1.29 is 68.0 Å². The minimum atomic E-state index is -4.86. The minimum absolute atomic E-state index is 0. The third-order valence-electron chi connectivity index (χ3n) is 10.1. The maximum Gasteiger partial charge on any atom is 3.00 e. The summed E-state index contributed by atoms with van der Waals surface area (Å²) in [6, 6.07) is 30.8. The Morgan fingerprint density at radius 2 is 0.797 bits per heavy atom. The molecule has 0 atom stereocenters. The third-order valence-corrected chi connectivity index (χ3v) is 11.8. The zero-order chi connectivity index (χ0) is 49.2. The normalized spacial score (nSPS) is 11.6. The molecule has 0 saturated heterocycles. The standard InChI is InChI=1S/2C20H16N4O5S.C6H16N2.Cr/c2*1-12-18(20(26)24(23-12)13-7-3-2-4-8-13)21-22-19-15-10-6-5-9-14(15)17(11-16(19)25)30(27,28)29;7-5-3-1-2-4-6-8;/h2*2-11,25-26H,1H3,(H,27,28,29);1-8H2;/q;;;+3/p-3. The molecular weight excluding hydrogens is 969 g/mol. The number of nitrogens with zero attached hydrogens (tertiary/aromatic N) is 8. The second-order valence-electron chi connectivity index (χ2n) is 14.8. The molecule has 0 aliphatic heterocycles. The van der Waals surface area contributed by atoms with E-state index in [1.54, 1.807) is 86.6 Å². The van der Waals surface area contributed by atoms with Gasteiger partial charge in [-0.15, -0.1) is 10.2 Å². The molecule has 1 radical (unpaired) electrons. The van der Waals surface area contributed by atoms with Crippen molar-refractivity contribution in [3.63, 3.8) is 0 Å². The van der Waals surface area contributed by atoms with Crippen molar-refractivity contribution in [1.82, 2.24) is 19.6 Å². The molecule has 69 heavy (non-hydrogen) atoms. The van der Waals surface area contributed by atoms with E-state index in [2.05, 4.69) is 30.7 Å². The van der Waals surface area contributed by atoms with Gasteiger partial charge < -0.3 is 41.0 Å². The Morgan fingerprint density at radius 3 is 1.12 bits per heavy atom. The smallest absolute Gasteiger partial charge is 0.871 e. The molecule has 0 fully saturated rings. The third kappa shape index (κ3) is 12.5. The van der Waals surface area contributed by atoms with Crippen molar-refractivity contribution in [2.24, 2.45) is 31.9 Å². The van der Waals surface area contributed by atoms with Gasteiger partial charge in [0, 0.05) is 33.3 Å². The first-order chi connectivity index (χ1) is 32.5. The van der Waals surface area contributed by atoms with Gasteiger partial charge in [-0.3, -0.25) is 0 Å². The van der Waals surface area contributed by atoms with E-state index in [0.29, 0.717) is 22.8 Å². The summed E-state index contributed by atoms with van der Waals surface area (Å²) in [4.78, 5) is -1.25. The van der Waals surface area contributed by atoms with E-state index < -0.39 is 53.3 Å². The molecule has 0 unspecified atom stereocenters. The Hall–Kier alpha value is -7.07. The number of hydrogen-bond donors (Lipinski definition) is 2. The van der Waals surface area contributed by atoms with E-state index in [9.17, 15) is 46.4 Å². The van der Waals surface area contributed by atoms with Crippen molar-refractivity contribution in [2.75, 3.05) is 13.1 Å². The maximum absolute atomic E-state index is 12.7. The van der Waals surface area contributed by atoms with Gasteiger partial charge in [0.05, 0.1) is 43.9 Å². The first kappa shape index (κ1) is 52.9. The second-order valence-corrected chi connectivity index (χ2v) is 17.5. The number of para-hydroxylation sites is 2. The van der Waals surface area contributed by atoms with E-state index in [4.69, 9.17) is 11.5 Å². The number of unbranched alkanes of at least 4 members (excludes halogenated alkanes) is 3. The van der Waals surface area contributed by atoms with E-state index in [1.807, 2.05) is 0 Å². The molecule has 0 aliphatic rings. The first-order valence-electron chi connectivity index (χ1n) is 20.7. The van der Waals surface area contributed by atoms with Gasteiger partial charge in [0.1, 0.15) is 31.6 Å². The van der Waals surface area contributed by atoms with Gasteiger partial charge in [0.15, 0.2) is 0 Å². The van der Waals surface area contributed by atoms with Crippen molar-refractivity contribution in [1.29, 1.82) is 0 Å². The van der Waals surface area contributed by atoms with E-state index >= 15 is 0 Å². The average molecular weight is 1010 g/mol. The number of aromatic nitrogens is 4. The number of benzene rings is 6. The summed E-state index contributed by atoms with van der Waals surface area (Å²) < 4.78 is 71.4. The summed E-state index contributed by atoms with van der Waals surface area (Å²) >= 11 is 0. The SMILES string of the molecule is Cc1nn(-c2ccccc2)c([O-])c1N=Nc1c([O-])cc(S(=O)(=O)[O-])c2ccccc12.Cc1nn(-c2ccccc2)c([O-])c1N=Nc1c([O-])cc(S(=O)(=O)[O-])c2ccccc12.NCCCCCCN.[Cr+3].[H+].[H+].[H+]. The van der Waals surface area contributed by atoms with Crippen LogP contribution in [0.2, 0.25) is 0 Å². The number of azo groups is 2. The maximum atomic E-state index is 12.7. The molecule has 8 rings (SSSR count). The van der Waals surface area contributed by atoms with Crippen LogP contribution in [0.25, 0.3) is 32.9 Å². The van der Waals surface area contributed by atoms with Gasteiger partial charge in [-0.2, -0.15) is 20.4 Å². The van der Waals surface area contributed by atoms with Crippen LogP contribution in [0.3, 0.4) is 0 Å². The minimum Gasteiger partial charge on any atom is -0.871 e. The van der Waals surface area contributed by atoms with Crippen molar-refractivity contribution in [3.05, 3.63) is 133 Å². The predicted octanol–water partition coefficient (Wildman–Crippen LogP) is 6.40. The Morgan fingerprint density at radius 1 is 0.493 bits per heavy atom. The number of nitrogens with two attached hydrogens (primary N) is 2. The zero-order valence-electron chi connectivity index (χ0n) is 39.8. The van der Waals surface area contributed by atoms with Crippen molar-refractivity contribution in [3.8, 4) is 34.6 Å². The zero-order valence-corrected chi connectivity index (χ0v) is 39.7. The van der Waals surface area contributed by atoms with Crippen LogP contribution in [0.5, 0.6) is 23.3 Å². The van der Waals surface area contributed by atoms with Gasteiger partial charge in [-0.1, -0.05) is 109 Å². The molecule has 2 aromatic heterocycles. The van der Waals surface area contributed by atoms with Crippen LogP contribution in [0.15, 0.2) is 152 Å². The summed E-state index contributed by atoms with van der Waals surface area (Å²) in [5, 5.41) is 74.7. The van der Waals surface area contributed by atoms with Crippen LogP contribution >= 0.6 is 0 Å². The molecule has 8 aromatic rings. The summed E-state index contributed by atoms with van der Waals surface area (Å²) in [5.74, 6) is -2.63. The quantitative estimate of drug-likeness (QED) is 0.0717. The number of fused-ring (bicyclic) bond motifs is 2. The van der Waals surface area contributed by atoms with E-state index in [0.717, 1.165) is 38.1 Å². The van der Waals surface area contributed by atoms with Gasteiger partial charge >= 0.3 is 21.6 Å². The Bertz CT molecular complexity index is 3150. The van der Waals surface area contributed by atoms with Crippen molar-refractivity contribution >= 4 is 64.5 Å². The number of hydrogen-bond acceptors (Lipinski definition) is 18. The number of aryl methyl sites for hydroxylation is 2. The molecule has 0 aliphatic carbocycles. The molecule has 0 amide bonds.